The second-order valence-electron chi connectivity index (χ2n) is 8.75. The fraction of sp³-hybridized carbons (Fsp3) is 0.240. The third-order valence-electron chi connectivity index (χ3n) is 5.91. The van der Waals surface area contributed by atoms with E-state index in [0.29, 0.717) is 22.9 Å². The van der Waals surface area contributed by atoms with E-state index < -0.39 is 24.0 Å². The number of pyridine rings is 3. The monoisotopic (exact) mass is 520 g/mol. The van der Waals surface area contributed by atoms with Crippen LogP contribution in [0.25, 0.3) is 11.4 Å². The lowest BCUT2D eigenvalue weighted by Gasteiger charge is -2.15. The Morgan fingerprint density at radius 1 is 1.05 bits per heavy atom. The average Bonchev–Trinajstić information content (AvgIpc) is 3.70. The Morgan fingerprint density at radius 3 is 2.55 bits per heavy atom. The lowest BCUT2D eigenvalue weighted by Crippen LogP contribution is -2.19. The van der Waals surface area contributed by atoms with Crippen LogP contribution in [0.15, 0.2) is 48.9 Å². The largest absolute Gasteiger partial charge is 0.441 e. The van der Waals surface area contributed by atoms with Crippen LogP contribution in [0.5, 0.6) is 0 Å². The number of nitrogens with zero attached hydrogens (tertiary/aromatic N) is 6. The summed E-state index contributed by atoms with van der Waals surface area (Å²) in [6, 6.07) is 7.75. The van der Waals surface area contributed by atoms with Crippen molar-refractivity contribution in [3.63, 3.8) is 0 Å². The molecule has 4 aromatic heterocycles. The van der Waals surface area contributed by atoms with E-state index in [9.17, 15) is 18.4 Å². The fourth-order valence-corrected chi connectivity index (χ4v) is 3.71. The van der Waals surface area contributed by atoms with Gasteiger partial charge < -0.3 is 10.1 Å². The molecule has 1 saturated carbocycles. The Bertz CT molecular complexity index is 1490. The van der Waals surface area contributed by atoms with Crippen molar-refractivity contribution in [2.24, 2.45) is 7.05 Å². The molecular weight excluding hydrogens is 498 g/mol. The molecule has 1 fully saturated rings. The lowest BCUT2D eigenvalue weighted by atomic mass is 10.2. The van der Waals surface area contributed by atoms with E-state index in [0.717, 1.165) is 30.8 Å². The Morgan fingerprint density at radius 2 is 1.87 bits per heavy atom. The molecule has 2 N–H and O–H groups in total. The number of hydrogen-bond donors (Lipinski definition) is 2. The summed E-state index contributed by atoms with van der Waals surface area (Å²) in [5.41, 5.74) is 2.25. The summed E-state index contributed by atoms with van der Waals surface area (Å²) in [5, 5.41) is 13.2. The van der Waals surface area contributed by atoms with E-state index in [1.807, 2.05) is 6.07 Å². The zero-order chi connectivity index (χ0) is 26.8. The lowest BCUT2D eigenvalue weighted by molar-refractivity contribution is 0.102. The van der Waals surface area contributed by atoms with Crippen molar-refractivity contribution in [1.29, 1.82) is 0 Å². The molecule has 4 heterocycles. The van der Waals surface area contributed by atoms with Crippen molar-refractivity contribution < 1.29 is 23.1 Å². The number of amides is 2. The summed E-state index contributed by atoms with van der Waals surface area (Å²) in [4.78, 5) is 37.0. The zero-order valence-electron chi connectivity index (χ0n) is 20.4. The first kappa shape index (κ1) is 24.9. The maximum atomic E-state index is 13.9. The van der Waals surface area contributed by atoms with Gasteiger partial charge in [-0.05, 0) is 50.1 Å². The number of anilines is 2. The third-order valence-corrected chi connectivity index (χ3v) is 5.91. The highest BCUT2D eigenvalue weighted by Gasteiger charge is 2.25. The van der Waals surface area contributed by atoms with Gasteiger partial charge in [0.05, 0.1) is 34.9 Å². The smallest absolute Gasteiger partial charge is 0.413 e. The van der Waals surface area contributed by atoms with Gasteiger partial charge in [-0.25, -0.2) is 18.9 Å². The summed E-state index contributed by atoms with van der Waals surface area (Å²) in [7, 11) is 1.54. The van der Waals surface area contributed by atoms with Gasteiger partial charge in [-0.2, -0.15) is 4.39 Å². The molecule has 2 amide bonds. The molecule has 0 aromatic carbocycles. The molecule has 1 atom stereocenters. The summed E-state index contributed by atoms with van der Waals surface area (Å²) in [6.45, 7) is 1.38. The molecule has 0 saturated heterocycles. The molecule has 13 heteroatoms. The topological polar surface area (TPSA) is 137 Å². The van der Waals surface area contributed by atoms with Gasteiger partial charge in [0.1, 0.15) is 11.9 Å². The number of ether oxygens (including phenoxy) is 1. The summed E-state index contributed by atoms with van der Waals surface area (Å²) in [5.74, 6) is -1.37. The molecule has 0 aliphatic heterocycles. The number of nitrogens with one attached hydrogen (secondary N) is 2. The first-order valence-electron chi connectivity index (χ1n) is 11.7. The van der Waals surface area contributed by atoms with Gasteiger partial charge in [0.2, 0.25) is 5.95 Å². The number of rotatable bonds is 7. The van der Waals surface area contributed by atoms with Crippen molar-refractivity contribution in [2.75, 3.05) is 10.6 Å². The Kier molecular flexibility index (Phi) is 6.73. The van der Waals surface area contributed by atoms with Gasteiger partial charge in [-0.1, -0.05) is 5.21 Å². The Labute approximate surface area is 215 Å². The summed E-state index contributed by atoms with van der Waals surface area (Å²) >= 11 is 0. The van der Waals surface area contributed by atoms with Gasteiger partial charge >= 0.3 is 6.09 Å². The standard InChI is InChI=1S/C25H22F2N8O3/c1-13(18-9-16(26)11-30-22(18)27)38-25(37)32-23-21(33-34-35(23)2)20-8-6-17(12-29-20)31-24(36)15-5-7-19(28-10-15)14-3-4-14/h5-14H,3-4H2,1-2H3,(H,31,36)(H,32,37)/t13-/m1/s1. The second-order valence-corrected chi connectivity index (χ2v) is 8.75. The molecule has 38 heavy (non-hydrogen) atoms. The highest BCUT2D eigenvalue weighted by molar-refractivity contribution is 6.04. The minimum atomic E-state index is -1.12. The predicted molar refractivity (Wildman–Crippen MR) is 131 cm³/mol. The highest BCUT2D eigenvalue weighted by Crippen LogP contribution is 2.38. The van der Waals surface area contributed by atoms with Crippen LogP contribution in [0.4, 0.5) is 25.1 Å². The van der Waals surface area contributed by atoms with Crippen LogP contribution in [-0.2, 0) is 11.8 Å². The van der Waals surface area contributed by atoms with Gasteiger partial charge in [0, 0.05) is 24.9 Å². The van der Waals surface area contributed by atoms with Crippen molar-refractivity contribution in [1.82, 2.24) is 29.9 Å². The fourth-order valence-electron chi connectivity index (χ4n) is 3.71. The number of aryl methyl sites for hydroxylation is 1. The van der Waals surface area contributed by atoms with Crippen molar-refractivity contribution >= 4 is 23.5 Å². The van der Waals surface area contributed by atoms with Crippen LogP contribution in [0.3, 0.4) is 0 Å². The molecule has 4 aromatic rings. The normalized spacial score (nSPS) is 13.6. The van der Waals surface area contributed by atoms with E-state index in [1.165, 1.54) is 17.8 Å². The zero-order valence-corrected chi connectivity index (χ0v) is 20.4. The number of hydrogen-bond acceptors (Lipinski definition) is 8. The maximum absolute atomic E-state index is 13.9. The van der Waals surface area contributed by atoms with Crippen LogP contribution in [0.2, 0.25) is 0 Å². The Balaban J connectivity index is 1.24. The first-order chi connectivity index (χ1) is 18.3. The molecule has 0 bridgehead atoms. The molecule has 0 unspecified atom stereocenters. The molecule has 11 nitrogen and oxygen atoms in total. The minimum Gasteiger partial charge on any atom is -0.441 e. The molecule has 0 radical (unpaired) electrons. The molecule has 1 aliphatic rings. The first-order valence-corrected chi connectivity index (χ1v) is 11.7. The van der Waals surface area contributed by atoms with E-state index in [4.69, 9.17) is 4.74 Å². The number of carbonyl (C=O) groups excluding carboxylic acids is 2. The van der Waals surface area contributed by atoms with Crippen LogP contribution in [0.1, 0.15) is 53.4 Å². The SMILES string of the molecule is C[C@@H](OC(=O)Nc1c(-c2ccc(NC(=O)c3ccc(C4CC4)nc3)cn2)nnn1C)c1cc(F)cnc1F. The quantitative estimate of drug-likeness (QED) is 0.343. The summed E-state index contributed by atoms with van der Waals surface area (Å²) in [6.07, 6.45) is 3.92. The van der Waals surface area contributed by atoms with Gasteiger partial charge in [0.25, 0.3) is 5.91 Å². The van der Waals surface area contributed by atoms with Crippen molar-refractivity contribution in [2.45, 2.75) is 31.8 Å². The van der Waals surface area contributed by atoms with E-state index in [1.54, 1.807) is 31.4 Å². The maximum Gasteiger partial charge on any atom is 0.413 e. The van der Waals surface area contributed by atoms with Crippen LogP contribution < -0.4 is 10.6 Å². The molecule has 1 aliphatic carbocycles. The summed E-state index contributed by atoms with van der Waals surface area (Å²) < 4.78 is 33.8. The molecule has 5 rings (SSSR count). The van der Waals surface area contributed by atoms with Crippen LogP contribution in [0, 0.1) is 11.8 Å². The second kappa shape index (κ2) is 10.3. The number of aromatic nitrogens is 6. The third kappa shape index (κ3) is 5.45. The molecular formula is C25H22F2N8O3. The van der Waals surface area contributed by atoms with Crippen molar-refractivity contribution in [3.05, 3.63) is 77.5 Å². The van der Waals surface area contributed by atoms with Crippen LogP contribution in [-0.4, -0.2) is 41.9 Å². The van der Waals surface area contributed by atoms with E-state index >= 15 is 0 Å². The number of halogens is 2. The number of carbonyl (C=O) groups is 2. The predicted octanol–water partition coefficient (Wildman–Crippen LogP) is 4.38. The van der Waals surface area contributed by atoms with Crippen molar-refractivity contribution in [3.8, 4) is 11.4 Å². The Hall–Kier alpha value is -4.81. The van der Waals surface area contributed by atoms with Gasteiger partial charge in [-0.3, -0.25) is 20.1 Å². The average molecular weight is 521 g/mol. The van der Waals surface area contributed by atoms with Gasteiger partial charge in [-0.15, -0.1) is 5.10 Å². The van der Waals surface area contributed by atoms with E-state index in [2.05, 4.69) is 35.9 Å². The minimum absolute atomic E-state index is 0.158. The molecule has 0 spiro atoms. The van der Waals surface area contributed by atoms with Gasteiger partial charge in [0.15, 0.2) is 11.5 Å². The molecule has 194 valence electrons. The van der Waals surface area contributed by atoms with Crippen LogP contribution >= 0.6 is 0 Å². The highest BCUT2D eigenvalue weighted by atomic mass is 19.1. The van der Waals surface area contributed by atoms with E-state index in [-0.39, 0.29) is 23.0 Å².